The number of nitrogens with one attached hydrogen (secondary N) is 1. The predicted molar refractivity (Wildman–Crippen MR) is 97.0 cm³/mol. The molecule has 0 saturated heterocycles. The summed E-state index contributed by atoms with van der Waals surface area (Å²) in [5, 5.41) is 2.51. The van der Waals surface area contributed by atoms with E-state index in [1.807, 2.05) is 43.3 Å². The fourth-order valence-corrected chi connectivity index (χ4v) is 5.83. The van der Waals surface area contributed by atoms with E-state index in [0.29, 0.717) is 9.34 Å². The van der Waals surface area contributed by atoms with Crippen LogP contribution in [0.1, 0.15) is 4.88 Å². The summed E-state index contributed by atoms with van der Waals surface area (Å²) in [6, 6.07) is 15.4. The molecule has 4 aromatic rings. The first-order valence-electron chi connectivity index (χ1n) is 6.90. The summed E-state index contributed by atoms with van der Waals surface area (Å²) in [4.78, 5) is 5.45. The number of rotatable bonds is 3. The Kier molecular flexibility index (Phi) is 3.37. The van der Waals surface area contributed by atoms with Gasteiger partial charge in [0.05, 0.1) is 10.2 Å². The van der Waals surface area contributed by atoms with Gasteiger partial charge in [0.25, 0.3) is 10.0 Å². The van der Waals surface area contributed by atoms with Crippen molar-refractivity contribution < 1.29 is 8.42 Å². The normalized spacial score (nSPS) is 12.0. The van der Waals surface area contributed by atoms with Crippen LogP contribution >= 0.6 is 22.7 Å². The molecular formula is C16H12N2O2S3. The number of thiophene rings is 1. The average Bonchev–Trinajstić information content (AvgIpc) is 3.13. The molecule has 116 valence electrons. The van der Waals surface area contributed by atoms with Crippen LogP contribution in [0.4, 0.5) is 5.13 Å². The van der Waals surface area contributed by atoms with Crippen molar-refractivity contribution in [3.8, 4) is 0 Å². The summed E-state index contributed by atoms with van der Waals surface area (Å²) in [6.07, 6.45) is 0. The van der Waals surface area contributed by atoms with Crippen molar-refractivity contribution in [2.24, 2.45) is 0 Å². The number of hydrogen-bond acceptors (Lipinski definition) is 5. The second-order valence-corrected chi connectivity index (χ2v) is 9.35. The third-order valence-electron chi connectivity index (χ3n) is 3.49. The van der Waals surface area contributed by atoms with Crippen molar-refractivity contribution in [2.45, 2.75) is 11.1 Å². The van der Waals surface area contributed by atoms with E-state index in [-0.39, 0.29) is 0 Å². The van der Waals surface area contributed by atoms with Crippen LogP contribution in [0, 0.1) is 6.92 Å². The van der Waals surface area contributed by atoms with E-state index >= 15 is 0 Å². The van der Waals surface area contributed by atoms with Gasteiger partial charge in [-0.05, 0) is 30.5 Å². The Morgan fingerprint density at radius 1 is 1.00 bits per heavy atom. The average molecular weight is 360 g/mol. The highest BCUT2D eigenvalue weighted by Gasteiger charge is 2.18. The molecule has 0 amide bonds. The highest BCUT2D eigenvalue weighted by Crippen LogP contribution is 2.33. The zero-order valence-corrected chi connectivity index (χ0v) is 14.6. The van der Waals surface area contributed by atoms with Crippen LogP contribution in [-0.2, 0) is 10.0 Å². The maximum Gasteiger partial charge on any atom is 0.273 e. The molecule has 0 spiro atoms. The van der Waals surface area contributed by atoms with Gasteiger partial charge in [-0.25, -0.2) is 13.4 Å². The Morgan fingerprint density at radius 3 is 2.61 bits per heavy atom. The smallest absolute Gasteiger partial charge is 0.254 e. The molecule has 1 N–H and O–H groups in total. The lowest BCUT2D eigenvalue weighted by molar-refractivity contribution is 0.603. The minimum absolute atomic E-state index is 0.305. The van der Waals surface area contributed by atoms with Gasteiger partial charge in [0, 0.05) is 10.3 Å². The Balaban J connectivity index is 1.79. The van der Waals surface area contributed by atoms with Crippen molar-refractivity contribution in [1.82, 2.24) is 4.98 Å². The second-order valence-electron chi connectivity index (χ2n) is 5.12. The lowest BCUT2D eigenvalue weighted by Crippen LogP contribution is -2.10. The second kappa shape index (κ2) is 5.30. The first kappa shape index (κ1) is 14.6. The molecule has 0 bridgehead atoms. The number of hydrogen-bond donors (Lipinski definition) is 1. The molecule has 0 saturated carbocycles. The Morgan fingerprint density at radius 2 is 1.83 bits per heavy atom. The highest BCUT2D eigenvalue weighted by atomic mass is 32.2. The van der Waals surface area contributed by atoms with Crippen LogP contribution in [0.3, 0.4) is 0 Å². The molecule has 0 atom stereocenters. The molecule has 0 aliphatic rings. The summed E-state index contributed by atoms with van der Waals surface area (Å²) in [5.74, 6) is 0. The Hall–Kier alpha value is -1.96. The van der Waals surface area contributed by atoms with Crippen LogP contribution in [-0.4, -0.2) is 13.4 Å². The summed E-state index contributed by atoms with van der Waals surface area (Å²) in [5.41, 5.74) is 0.827. The van der Waals surface area contributed by atoms with Gasteiger partial charge in [-0.1, -0.05) is 41.7 Å². The molecular weight excluding hydrogens is 348 g/mol. The van der Waals surface area contributed by atoms with Crippen LogP contribution in [0.2, 0.25) is 0 Å². The molecule has 2 aromatic heterocycles. The topological polar surface area (TPSA) is 59.1 Å². The molecule has 23 heavy (non-hydrogen) atoms. The van der Waals surface area contributed by atoms with Crippen LogP contribution < -0.4 is 4.72 Å². The van der Waals surface area contributed by atoms with E-state index in [9.17, 15) is 8.42 Å². The van der Waals surface area contributed by atoms with Gasteiger partial charge < -0.3 is 0 Å². The largest absolute Gasteiger partial charge is 0.273 e. The standard InChI is InChI=1S/C16H12N2O2S3/c1-10-6-9-14(21-10)23(19,20)18-16-17-15-12-5-3-2-4-11(12)7-8-13(15)22-16/h2-9H,1H3,(H,17,18). The van der Waals surface area contributed by atoms with E-state index in [2.05, 4.69) is 9.71 Å². The van der Waals surface area contributed by atoms with E-state index in [0.717, 1.165) is 25.9 Å². The predicted octanol–water partition coefficient (Wildman–Crippen LogP) is 4.62. The van der Waals surface area contributed by atoms with E-state index in [1.54, 1.807) is 12.1 Å². The number of anilines is 1. The minimum atomic E-state index is -3.58. The van der Waals surface area contributed by atoms with Gasteiger partial charge in [0.15, 0.2) is 5.13 Å². The van der Waals surface area contributed by atoms with Crippen molar-refractivity contribution >= 4 is 58.8 Å². The molecule has 4 rings (SSSR count). The Labute approximate surface area is 141 Å². The van der Waals surface area contributed by atoms with E-state index in [1.165, 1.54) is 22.7 Å². The molecule has 0 fully saturated rings. The molecule has 4 nitrogen and oxygen atoms in total. The summed E-state index contributed by atoms with van der Waals surface area (Å²) < 4.78 is 28.7. The van der Waals surface area contributed by atoms with Crippen LogP contribution in [0.15, 0.2) is 52.7 Å². The molecule has 2 aromatic carbocycles. The zero-order chi connectivity index (χ0) is 16.0. The van der Waals surface area contributed by atoms with Crippen molar-refractivity contribution in [3.05, 3.63) is 53.4 Å². The van der Waals surface area contributed by atoms with Crippen molar-refractivity contribution in [1.29, 1.82) is 0 Å². The van der Waals surface area contributed by atoms with Crippen LogP contribution in [0.25, 0.3) is 21.0 Å². The van der Waals surface area contributed by atoms with Crippen molar-refractivity contribution in [2.75, 3.05) is 4.72 Å². The number of nitrogens with zero attached hydrogens (tertiary/aromatic N) is 1. The molecule has 7 heteroatoms. The minimum Gasteiger partial charge on any atom is -0.254 e. The SMILES string of the molecule is Cc1ccc(S(=O)(=O)Nc2nc3c(ccc4ccccc43)s2)s1. The van der Waals surface area contributed by atoms with Crippen molar-refractivity contribution in [3.63, 3.8) is 0 Å². The molecule has 0 radical (unpaired) electrons. The van der Waals surface area contributed by atoms with E-state index < -0.39 is 10.0 Å². The lowest BCUT2D eigenvalue weighted by atomic mass is 10.1. The number of fused-ring (bicyclic) bond motifs is 3. The monoisotopic (exact) mass is 360 g/mol. The van der Waals surface area contributed by atoms with Gasteiger partial charge in [0.1, 0.15) is 4.21 Å². The van der Waals surface area contributed by atoms with Gasteiger partial charge in [-0.2, -0.15) is 0 Å². The summed E-state index contributed by atoms with van der Waals surface area (Å²) in [7, 11) is -3.58. The van der Waals surface area contributed by atoms with Gasteiger partial charge in [-0.15, -0.1) is 11.3 Å². The van der Waals surface area contributed by atoms with Gasteiger partial charge in [-0.3, -0.25) is 4.72 Å². The maximum absolute atomic E-state index is 12.4. The summed E-state index contributed by atoms with van der Waals surface area (Å²) in [6.45, 7) is 1.88. The molecule has 0 unspecified atom stereocenters. The third kappa shape index (κ3) is 2.60. The maximum atomic E-state index is 12.4. The van der Waals surface area contributed by atoms with Gasteiger partial charge >= 0.3 is 0 Å². The van der Waals surface area contributed by atoms with Crippen LogP contribution in [0.5, 0.6) is 0 Å². The Bertz CT molecular complexity index is 1130. The zero-order valence-electron chi connectivity index (χ0n) is 12.1. The molecule has 0 aliphatic heterocycles. The number of thiazole rings is 1. The quantitative estimate of drug-likeness (QED) is 0.580. The highest BCUT2D eigenvalue weighted by molar-refractivity contribution is 7.94. The number of benzene rings is 2. The first-order valence-corrected chi connectivity index (χ1v) is 10.0. The first-order chi connectivity index (χ1) is 11.0. The van der Waals surface area contributed by atoms with E-state index in [4.69, 9.17) is 0 Å². The fraction of sp³-hybridized carbons (Fsp3) is 0.0625. The van der Waals surface area contributed by atoms with Gasteiger partial charge in [0.2, 0.25) is 0 Å². The number of aryl methyl sites for hydroxylation is 1. The third-order valence-corrected chi connectivity index (χ3v) is 7.38. The number of sulfonamides is 1. The lowest BCUT2D eigenvalue weighted by Gasteiger charge is -2.01. The number of aromatic nitrogens is 1. The fourth-order valence-electron chi connectivity index (χ4n) is 2.43. The summed E-state index contributed by atoms with van der Waals surface area (Å²) >= 11 is 2.59. The molecule has 2 heterocycles. The molecule has 0 aliphatic carbocycles.